The zero-order chi connectivity index (χ0) is 20.4. The molecule has 3 heterocycles. The Hall–Kier alpha value is -2.81. The van der Waals surface area contributed by atoms with E-state index in [1.165, 1.54) is 5.01 Å². The highest BCUT2D eigenvalue weighted by Crippen LogP contribution is 2.44. The summed E-state index contributed by atoms with van der Waals surface area (Å²) < 4.78 is 22.4. The van der Waals surface area contributed by atoms with Gasteiger partial charge in [-0.1, -0.05) is 6.08 Å². The van der Waals surface area contributed by atoms with Crippen LogP contribution in [0.15, 0.2) is 54.5 Å². The highest BCUT2D eigenvalue weighted by atomic mass is 35.5. The summed E-state index contributed by atoms with van der Waals surface area (Å²) in [5, 5.41) is 1.49. The molecule has 2 aliphatic heterocycles. The van der Waals surface area contributed by atoms with Gasteiger partial charge < -0.3 is 18.9 Å². The normalized spacial score (nSPS) is 22.9. The molecule has 8 nitrogen and oxygen atoms in total. The molecule has 1 saturated heterocycles. The molecule has 4 rings (SSSR count). The second kappa shape index (κ2) is 8.91. The maximum Gasteiger partial charge on any atom is 0.249 e. The second-order valence-electron chi connectivity index (χ2n) is 6.79. The second-order valence-corrected chi connectivity index (χ2v) is 6.79. The molecule has 0 aliphatic carbocycles. The van der Waals surface area contributed by atoms with Gasteiger partial charge >= 0.3 is 0 Å². The molecule has 1 aromatic heterocycles. The number of methoxy groups -OCH3 is 3. The third kappa shape index (κ3) is 3.81. The first-order chi connectivity index (χ1) is 14.1. The minimum absolute atomic E-state index is 0. The number of fused-ring (bicyclic) bond motifs is 1. The average Bonchev–Trinajstić information content (AvgIpc) is 2.78. The molecule has 30 heavy (non-hydrogen) atoms. The number of anilines is 1. The summed E-state index contributed by atoms with van der Waals surface area (Å²) in [4.78, 5) is 17.3. The lowest BCUT2D eigenvalue weighted by molar-refractivity contribution is -0.204. The van der Waals surface area contributed by atoms with Crippen LogP contribution in [0.2, 0.25) is 0 Å². The number of amides is 1. The van der Waals surface area contributed by atoms with Gasteiger partial charge in [-0.25, -0.2) is 5.01 Å². The molecular formula is C21H24ClN3O5. The van der Waals surface area contributed by atoms with Crippen LogP contribution in [0.3, 0.4) is 0 Å². The van der Waals surface area contributed by atoms with Crippen molar-refractivity contribution in [3.8, 4) is 11.5 Å². The lowest BCUT2D eigenvalue weighted by Crippen LogP contribution is -2.58. The molecule has 0 bridgehead atoms. The third-order valence-electron chi connectivity index (χ3n) is 5.17. The van der Waals surface area contributed by atoms with E-state index >= 15 is 0 Å². The molecule has 1 N–H and O–H groups in total. The number of carbonyl (C=O) groups is 1. The first kappa shape index (κ1) is 21.9. The van der Waals surface area contributed by atoms with Crippen LogP contribution in [0.5, 0.6) is 11.5 Å². The molecule has 2 aliphatic rings. The lowest BCUT2D eigenvalue weighted by atomic mass is 9.83. The fourth-order valence-electron chi connectivity index (χ4n) is 3.68. The lowest BCUT2D eigenvalue weighted by Gasteiger charge is -2.47. The van der Waals surface area contributed by atoms with E-state index in [1.807, 2.05) is 18.2 Å². The molecule has 2 aromatic rings. The fourth-order valence-corrected chi connectivity index (χ4v) is 3.68. The Labute approximate surface area is 181 Å². The van der Waals surface area contributed by atoms with Gasteiger partial charge in [-0.2, -0.15) is 0 Å². The molecule has 0 spiro atoms. The van der Waals surface area contributed by atoms with E-state index in [0.29, 0.717) is 23.6 Å². The number of carbonyl (C=O) groups excluding carboxylic acids is 1. The minimum atomic E-state index is -0.960. The Morgan fingerprint density at radius 3 is 2.40 bits per heavy atom. The van der Waals surface area contributed by atoms with Crippen LogP contribution in [-0.2, 0) is 19.9 Å². The number of halogens is 1. The van der Waals surface area contributed by atoms with E-state index in [-0.39, 0.29) is 24.7 Å². The molecule has 9 heteroatoms. The van der Waals surface area contributed by atoms with Crippen molar-refractivity contribution in [3.05, 3.63) is 60.1 Å². The van der Waals surface area contributed by atoms with E-state index in [4.69, 9.17) is 18.9 Å². The number of aromatic nitrogens is 1. The summed E-state index contributed by atoms with van der Waals surface area (Å²) in [5.74, 6) is 1.02. The van der Waals surface area contributed by atoms with Crippen LogP contribution in [0.4, 0.5) is 5.69 Å². The number of pyridine rings is 1. The standard InChI is InChI=1S/C21H23N3O5.ClH/c1-26-16-10-15(11-17(12-16)27-2)24-19(25)13-21(14-6-8-22-9-7-14)18(23-24)4-5-20(28-3)29-21;/h4,6-12,20,23H,5,13H2,1-3H3;1H/t20-,21+;/m0./s1. The largest absolute Gasteiger partial charge is 0.497 e. The Morgan fingerprint density at radius 2 is 1.80 bits per heavy atom. The predicted octanol–water partition coefficient (Wildman–Crippen LogP) is 2.93. The molecule has 0 saturated carbocycles. The first-order valence-electron chi connectivity index (χ1n) is 9.24. The van der Waals surface area contributed by atoms with E-state index in [0.717, 1.165) is 11.3 Å². The van der Waals surface area contributed by atoms with Gasteiger partial charge in [-0.05, 0) is 17.7 Å². The molecular weight excluding hydrogens is 410 g/mol. The molecule has 2 atom stereocenters. The Morgan fingerprint density at radius 1 is 1.13 bits per heavy atom. The summed E-state index contributed by atoms with van der Waals surface area (Å²) in [6.07, 6.45) is 5.61. The van der Waals surface area contributed by atoms with Gasteiger partial charge in [0.05, 0.1) is 32.0 Å². The zero-order valence-corrected chi connectivity index (χ0v) is 17.8. The Kier molecular flexibility index (Phi) is 6.50. The van der Waals surface area contributed by atoms with Crippen molar-refractivity contribution in [1.29, 1.82) is 0 Å². The fraction of sp³-hybridized carbons (Fsp3) is 0.333. The summed E-state index contributed by atoms with van der Waals surface area (Å²) in [7, 11) is 4.73. The van der Waals surface area contributed by atoms with E-state index in [9.17, 15) is 4.79 Å². The van der Waals surface area contributed by atoms with E-state index < -0.39 is 11.9 Å². The van der Waals surface area contributed by atoms with Crippen molar-refractivity contribution in [2.24, 2.45) is 0 Å². The number of rotatable bonds is 5. The number of ether oxygens (including phenoxy) is 4. The highest BCUT2D eigenvalue weighted by Gasteiger charge is 2.49. The van der Waals surface area contributed by atoms with E-state index in [1.54, 1.807) is 51.9 Å². The number of hydrogen-bond acceptors (Lipinski definition) is 7. The summed E-state index contributed by atoms with van der Waals surface area (Å²) >= 11 is 0. The van der Waals surface area contributed by atoms with Crippen LogP contribution in [-0.4, -0.2) is 38.5 Å². The van der Waals surface area contributed by atoms with Gasteiger partial charge in [0.2, 0.25) is 5.91 Å². The van der Waals surface area contributed by atoms with Crippen molar-refractivity contribution < 1.29 is 23.7 Å². The van der Waals surface area contributed by atoms with Crippen molar-refractivity contribution in [2.75, 3.05) is 26.3 Å². The number of nitrogens with one attached hydrogen (secondary N) is 1. The maximum absolute atomic E-state index is 13.2. The topological polar surface area (TPSA) is 82.2 Å². The number of benzene rings is 1. The molecule has 160 valence electrons. The van der Waals surface area contributed by atoms with Crippen LogP contribution in [0.25, 0.3) is 0 Å². The predicted molar refractivity (Wildman–Crippen MR) is 113 cm³/mol. The summed E-state index contributed by atoms with van der Waals surface area (Å²) in [6, 6.07) is 9.01. The zero-order valence-electron chi connectivity index (χ0n) is 17.0. The van der Waals surface area contributed by atoms with Gasteiger partial charge in [0.15, 0.2) is 6.29 Å². The van der Waals surface area contributed by atoms with Crippen LogP contribution < -0.4 is 19.9 Å². The SMILES string of the molecule is COc1cc(OC)cc(N2NC3=CC[C@@H](OC)O[C@@]3(c3ccncc3)CC2=O)c1.Cl. The van der Waals surface area contributed by atoms with Gasteiger partial charge in [0.1, 0.15) is 17.1 Å². The highest BCUT2D eigenvalue weighted by molar-refractivity contribution is 5.95. The first-order valence-corrected chi connectivity index (χ1v) is 9.24. The van der Waals surface area contributed by atoms with Gasteiger partial charge in [-0.3, -0.25) is 15.2 Å². The van der Waals surface area contributed by atoms with Crippen molar-refractivity contribution in [1.82, 2.24) is 10.4 Å². The Bertz CT molecular complexity index is 917. The van der Waals surface area contributed by atoms with Crippen LogP contribution >= 0.6 is 12.4 Å². The summed E-state index contributed by atoms with van der Waals surface area (Å²) in [6.45, 7) is 0. The molecule has 1 aromatic carbocycles. The monoisotopic (exact) mass is 433 g/mol. The van der Waals surface area contributed by atoms with Gasteiger partial charge in [0, 0.05) is 44.1 Å². The van der Waals surface area contributed by atoms with E-state index in [2.05, 4.69) is 10.4 Å². The molecule has 1 fully saturated rings. The molecule has 1 amide bonds. The minimum Gasteiger partial charge on any atom is -0.497 e. The number of nitrogens with zero attached hydrogens (tertiary/aromatic N) is 2. The number of hydrogen-bond donors (Lipinski definition) is 1. The van der Waals surface area contributed by atoms with Gasteiger partial charge in [-0.15, -0.1) is 12.4 Å². The maximum atomic E-state index is 13.2. The van der Waals surface area contributed by atoms with Crippen molar-refractivity contribution in [2.45, 2.75) is 24.7 Å². The van der Waals surface area contributed by atoms with Crippen LogP contribution in [0, 0.1) is 0 Å². The quantitative estimate of drug-likeness (QED) is 0.776. The third-order valence-corrected chi connectivity index (χ3v) is 5.17. The number of hydrazine groups is 1. The van der Waals surface area contributed by atoms with Crippen molar-refractivity contribution >= 4 is 24.0 Å². The van der Waals surface area contributed by atoms with Gasteiger partial charge in [0.25, 0.3) is 0 Å². The molecule has 0 unspecified atom stereocenters. The van der Waals surface area contributed by atoms with Crippen molar-refractivity contribution in [3.63, 3.8) is 0 Å². The smallest absolute Gasteiger partial charge is 0.249 e. The Balaban J connectivity index is 0.00000256. The van der Waals surface area contributed by atoms with Crippen LogP contribution in [0.1, 0.15) is 18.4 Å². The molecule has 0 radical (unpaired) electrons. The average molecular weight is 434 g/mol. The summed E-state index contributed by atoms with van der Waals surface area (Å²) in [5.41, 5.74) is 4.51.